The van der Waals surface area contributed by atoms with Gasteiger partial charge in [0, 0.05) is 17.0 Å². The van der Waals surface area contributed by atoms with Crippen LogP contribution in [-0.4, -0.2) is 49.8 Å². The van der Waals surface area contributed by atoms with Gasteiger partial charge in [-0.25, -0.2) is 27.2 Å². The maximum Gasteiger partial charge on any atom is 0.417 e. The molecule has 0 radical (unpaired) electrons. The molecule has 1 aromatic heterocycles. The van der Waals surface area contributed by atoms with Gasteiger partial charge in [-0.3, -0.25) is 0 Å². The van der Waals surface area contributed by atoms with Crippen LogP contribution >= 0.6 is 0 Å². The van der Waals surface area contributed by atoms with Crippen LogP contribution in [0.3, 0.4) is 0 Å². The van der Waals surface area contributed by atoms with Gasteiger partial charge >= 0.3 is 6.18 Å². The summed E-state index contributed by atoms with van der Waals surface area (Å²) in [7, 11) is 0. The van der Waals surface area contributed by atoms with E-state index in [0.29, 0.717) is 11.6 Å². The van der Waals surface area contributed by atoms with Gasteiger partial charge in [0.15, 0.2) is 11.7 Å². The molecular formula is C25H22F7N3O3. The standard InChI is InChI=1S/C25H22F7N3O3/c26-16-3-6-18(19(27)7-16)23(37,12-35-14-33-13-34-35)25(31,32)22-9-21(10-22,11-22)15-1-4-17(5-2-15)38-8-20(36)24(28,29)30/h1-7,13-14,20,36-37H,8-12H2/t20-,21?,22?,23-/m1/s1. The predicted molar refractivity (Wildman–Crippen MR) is 117 cm³/mol. The summed E-state index contributed by atoms with van der Waals surface area (Å²) < 4.78 is 104. The van der Waals surface area contributed by atoms with Crippen LogP contribution in [0.4, 0.5) is 30.7 Å². The molecule has 0 amide bonds. The van der Waals surface area contributed by atoms with E-state index in [1.165, 1.54) is 12.1 Å². The minimum absolute atomic E-state index is 0.0392. The first-order valence-electron chi connectivity index (χ1n) is 11.6. The summed E-state index contributed by atoms with van der Waals surface area (Å²) in [4.78, 5) is 3.68. The van der Waals surface area contributed by atoms with Crippen LogP contribution in [0.15, 0.2) is 55.1 Å². The first-order valence-corrected chi connectivity index (χ1v) is 11.6. The van der Waals surface area contributed by atoms with E-state index >= 15 is 8.78 Å². The van der Waals surface area contributed by atoms with Gasteiger partial charge in [-0.15, -0.1) is 0 Å². The fraction of sp³-hybridized carbons (Fsp3) is 0.440. The number of nitrogens with zero attached hydrogens (tertiary/aromatic N) is 3. The Morgan fingerprint density at radius 2 is 1.66 bits per heavy atom. The molecule has 2 aromatic carbocycles. The number of halogens is 7. The number of alkyl halides is 5. The molecule has 6 rings (SSSR count). The van der Waals surface area contributed by atoms with Gasteiger partial charge in [0.25, 0.3) is 5.92 Å². The Kier molecular flexibility index (Phi) is 6.02. The van der Waals surface area contributed by atoms with Crippen LogP contribution in [0.2, 0.25) is 0 Å². The smallest absolute Gasteiger partial charge is 0.417 e. The van der Waals surface area contributed by atoms with Crippen molar-refractivity contribution in [2.24, 2.45) is 5.41 Å². The zero-order valence-electron chi connectivity index (χ0n) is 19.6. The van der Waals surface area contributed by atoms with E-state index < -0.39 is 65.0 Å². The van der Waals surface area contributed by atoms with E-state index in [-0.39, 0.29) is 25.0 Å². The zero-order valence-corrected chi connectivity index (χ0v) is 19.6. The number of aliphatic hydroxyl groups excluding tert-OH is 1. The SMILES string of the molecule is O[C@H](COc1ccc(C23CC(C(F)(F)[C@@](O)(Cn4cncn4)c4ccc(F)cc4F)(C2)C3)cc1)C(F)(F)F. The summed E-state index contributed by atoms with van der Waals surface area (Å²) in [5.74, 6) is -6.09. The molecule has 3 saturated carbocycles. The summed E-state index contributed by atoms with van der Waals surface area (Å²) >= 11 is 0. The third kappa shape index (κ3) is 4.03. The minimum atomic E-state index is -4.82. The van der Waals surface area contributed by atoms with Gasteiger partial charge in [0.05, 0.1) is 6.54 Å². The molecule has 1 heterocycles. The quantitative estimate of drug-likeness (QED) is 0.387. The number of aromatic nitrogens is 3. The second kappa shape index (κ2) is 8.67. The van der Waals surface area contributed by atoms with Crippen molar-refractivity contribution in [1.29, 1.82) is 0 Å². The Labute approximate surface area is 211 Å². The fourth-order valence-electron chi connectivity index (χ4n) is 5.77. The summed E-state index contributed by atoms with van der Waals surface area (Å²) in [6.07, 6.45) is -5.41. The van der Waals surface area contributed by atoms with Crippen LogP contribution in [0.1, 0.15) is 30.4 Å². The number of ether oxygens (including phenoxy) is 1. The van der Waals surface area contributed by atoms with E-state index in [1.807, 2.05) is 0 Å². The highest BCUT2D eigenvalue weighted by atomic mass is 19.4. The van der Waals surface area contributed by atoms with Crippen molar-refractivity contribution in [3.63, 3.8) is 0 Å². The normalized spacial score (nSPS) is 25.2. The molecule has 3 fully saturated rings. The first-order chi connectivity index (χ1) is 17.7. The third-order valence-corrected chi connectivity index (χ3v) is 7.70. The van der Waals surface area contributed by atoms with Crippen LogP contribution in [0, 0.1) is 17.0 Å². The Morgan fingerprint density at radius 3 is 2.21 bits per heavy atom. The summed E-state index contributed by atoms with van der Waals surface area (Å²) in [5.41, 5.74) is -5.49. The first kappa shape index (κ1) is 26.4. The van der Waals surface area contributed by atoms with E-state index in [9.17, 15) is 27.1 Å². The maximum atomic E-state index is 16.2. The molecular weight excluding hydrogens is 523 g/mol. The lowest BCUT2D eigenvalue weighted by Crippen LogP contribution is -2.76. The summed E-state index contributed by atoms with van der Waals surface area (Å²) in [6, 6.07) is 7.90. The van der Waals surface area contributed by atoms with Crippen LogP contribution in [0.5, 0.6) is 5.75 Å². The predicted octanol–water partition coefficient (Wildman–Crippen LogP) is 4.50. The molecule has 2 N–H and O–H groups in total. The molecule has 0 spiro atoms. The van der Waals surface area contributed by atoms with Gasteiger partial charge in [-0.2, -0.15) is 18.3 Å². The molecule has 2 bridgehead atoms. The van der Waals surface area contributed by atoms with Gasteiger partial charge in [-0.05, 0) is 54.5 Å². The van der Waals surface area contributed by atoms with E-state index in [0.717, 1.165) is 29.5 Å². The number of aliphatic hydroxyl groups is 2. The average Bonchev–Trinajstić information content (AvgIpc) is 3.28. The largest absolute Gasteiger partial charge is 0.491 e. The molecule has 6 nitrogen and oxygen atoms in total. The topological polar surface area (TPSA) is 80.4 Å². The highest BCUT2D eigenvalue weighted by molar-refractivity contribution is 5.44. The molecule has 3 aliphatic carbocycles. The lowest BCUT2D eigenvalue weighted by molar-refractivity contribution is -0.347. The molecule has 204 valence electrons. The van der Waals surface area contributed by atoms with Crippen LogP contribution in [-0.2, 0) is 17.6 Å². The van der Waals surface area contributed by atoms with Crippen LogP contribution in [0.25, 0.3) is 0 Å². The van der Waals surface area contributed by atoms with Crippen molar-refractivity contribution in [2.75, 3.05) is 6.61 Å². The molecule has 0 aliphatic heterocycles. The second-order valence-corrected chi connectivity index (χ2v) is 10.1. The summed E-state index contributed by atoms with van der Waals surface area (Å²) in [5, 5.41) is 24.2. The number of hydrogen-bond donors (Lipinski definition) is 2. The van der Waals surface area contributed by atoms with Crippen molar-refractivity contribution in [1.82, 2.24) is 14.8 Å². The number of benzene rings is 2. The highest BCUT2D eigenvalue weighted by Crippen LogP contribution is 2.80. The van der Waals surface area contributed by atoms with Crippen LogP contribution < -0.4 is 4.74 Å². The van der Waals surface area contributed by atoms with Crippen molar-refractivity contribution < 1.29 is 45.7 Å². The molecule has 3 aliphatic rings. The number of hydrogen-bond acceptors (Lipinski definition) is 5. The third-order valence-electron chi connectivity index (χ3n) is 7.70. The monoisotopic (exact) mass is 545 g/mol. The fourth-order valence-corrected chi connectivity index (χ4v) is 5.77. The zero-order chi connectivity index (χ0) is 27.6. The van der Waals surface area contributed by atoms with E-state index in [4.69, 9.17) is 9.84 Å². The lowest BCUT2D eigenvalue weighted by atomic mass is 9.30. The van der Waals surface area contributed by atoms with Crippen molar-refractivity contribution in [3.05, 3.63) is 77.9 Å². The molecule has 0 saturated heterocycles. The lowest BCUT2D eigenvalue weighted by Gasteiger charge is -2.74. The molecule has 2 atom stereocenters. The maximum absolute atomic E-state index is 16.2. The van der Waals surface area contributed by atoms with Gasteiger partial charge in [0.1, 0.15) is 36.6 Å². The van der Waals surface area contributed by atoms with E-state index in [2.05, 4.69) is 10.1 Å². The van der Waals surface area contributed by atoms with Crippen molar-refractivity contribution in [2.45, 2.75) is 55.0 Å². The summed E-state index contributed by atoms with van der Waals surface area (Å²) in [6.45, 7) is -1.82. The van der Waals surface area contributed by atoms with Crippen molar-refractivity contribution in [3.8, 4) is 5.75 Å². The molecule has 0 unspecified atom stereocenters. The van der Waals surface area contributed by atoms with Gasteiger partial charge in [0.2, 0.25) is 0 Å². The van der Waals surface area contributed by atoms with E-state index in [1.54, 1.807) is 12.1 Å². The Balaban J connectivity index is 1.35. The van der Waals surface area contributed by atoms with Gasteiger partial charge in [-0.1, -0.05) is 12.1 Å². The molecule has 38 heavy (non-hydrogen) atoms. The average molecular weight is 545 g/mol. The molecule has 3 aromatic rings. The number of rotatable bonds is 9. The van der Waals surface area contributed by atoms with Crippen molar-refractivity contribution >= 4 is 0 Å². The highest BCUT2D eigenvalue weighted by Gasteiger charge is 2.82. The second-order valence-electron chi connectivity index (χ2n) is 10.1. The minimum Gasteiger partial charge on any atom is -0.491 e. The molecule has 13 heteroatoms. The Hall–Kier alpha value is -3.19. The Bertz CT molecular complexity index is 1290. The Morgan fingerprint density at radius 1 is 1.00 bits per heavy atom. The van der Waals surface area contributed by atoms with Gasteiger partial charge < -0.3 is 14.9 Å².